The number of nitrogens with one attached hydrogen (secondary N) is 1. The average molecular weight is 202 g/mol. The number of hydrogen-bond donors (Lipinski definition) is 1. The third kappa shape index (κ3) is 2.25. The molecule has 1 aromatic carbocycles. The Kier molecular flexibility index (Phi) is 3.15. The van der Waals surface area contributed by atoms with Crippen molar-refractivity contribution < 1.29 is 4.74 Å². The second-order valence-electron chi connectivity index (χ2n) is 3.30. The fourth-order valence-corrected chi connectivity index (χ4v) is 1.53. The standard InChI is InChI=1S/C12H14N2O/c1-15-9-8-14-12-11-5-3-2-4-10(11)6-7-13-12/h2-7H,8-9H2,1H3,(H,13,14). The number of pyridine rings is 1. The largest absolute Gasteiger partial charge is 0.383 e. The summed E-state index contributed by atoms with van der Waals surface area (Å²) in [4.78, 5) is 4.31. The molecule has 0 bridgehead atoms. The van der Waals surface area contributed by atoms with Crippen molar-refractivity contribution in [2.45, 2.75) is 0 Å². The van der Waals surface area contributed by atoms with Gasteiger partial charge < -0.3 is 10.1 Å². The first-order valence-electron chi connectivity index (χ1n) is 4.98. The van der Waals surface area contributed by atoms with Gasteiger partial charge in [0.25, 0.3) is 0 Å². The third-order valence-corrected chi connectivity index (χ3v) is 2.27. The maximum absolute atomic E-state index is 4.99. The summed E-state index contributed by atoms with van der Waals surface area (Å²) in [7, 11) is 1.69. The highest BCUT2D eigenvalue weighted by molar-refractivity contribution is 5.91. The molecule has 0 atom stereocenters. The Morgan fingerprint density at radius 3 is 3.00 bits per heavy atom. The number of fused-ring (bicyclic) bond motifs is 1. The molecule has 2 rings (SSSR count). The van der Waals surface area contributed by atoms with Crippen LogP contribution in [0, 0.1) is 0 Å². The summed E-state index contributed by atoms with van der Waals surface area (Å²) in [6.07, 6.45) is 1.82. The van der Waals surface area contributed by atoms with Gasteiger partial charge in [0.1, 0.15) is 5.82 Å². The first-order chi connectivity index (χ1) is 7.42. The van der Waals surface area contributed by atoms with E-state index < -0.39 is 0 Å². The van der Waals surface area contributed by atoms with E-state index >= 15 is 0 Å². The maximum Gasteiger partial charge on any atom is 0.133 e. The Morgan fingerprint density at radius 1 is 1.27 bits per heavy atom. The Morgan fingerprint density at radius 2 is 2.13 bits per heavy atom. The van der Waals surface area contributed by atoms with Crippen molar-refractivity contribution in [2.24, 2.45) is 0 Å². The molecule has 0 amide bonds. The van der Waals surface area contributed by atoms with E-state index in [0.717, 1.165) is 17.7 Å². The third-order valence-electron chi connectivity index (χ3n) is 2.27. The van der Waals surface area contributed by atoms with Gasteiger partial charge in [-0.25, -0.2) is 4.98 Å². The molecule has 1 aromatic heterocycles. The Hall–Kier alpha value is -1.61. The minimum absolute atomic E-state index is 0.685. The van der Waals surface area contributed by atoms with Gasteiger partial charge in [0, 0.05) is 25.2 Å². The van der Waals surface area contributed by atoms with Crippen LogP contribution < -0.4 is 5.32 Å². The molecule has 0 aliphatic heterocycles. The molecule has 78 valence electrons. The van der Waals surface area contributed by atoms with Crippen LogP contribution in [0.4, 0.5) is 5.82 Å². The van der Waals surface area contributed by atoms with Crippen LogP contribution in [0.25, 0.3) is 10.8 Å². The number of rotatable bonds is 4. The van der Waals surface area contributed by atoms with Gasteiger partial charge >= 0.3 is 0 Å². The van der Waals surface area contributed by atoms with E-state index in [4.69, 9.17) is 4.74 Å². The lowest BCUT2D eigenvalue weighted by molar-refractivity contribution is 0.210. The van der Waals surface area contributed by atoms with Crippen LogP contribution in [0.2, 0.25) is 0 Å². The fraction of sp³-hybridized carbons (Fsp3) is 0.250. The number of aromatic nitrogens is 1. The molecule has 3 heteroatoms. The quantitative estimate of drug-likeness (QED) is 0.772. The number of methoxy groups -OCH3 is 1. The van der Waals surface area contributed by atoms with Gasteiger partial charge in [0.05, 0.1) is 6.61 Å². The highest BCUT2D eigenvalue weighted by Gasteiger charge is 1.99. The van der Waals surface area contributed by atoms with Crippen LogP contribution in [0.5, 0.6) is 0 Å². The Bertz CT molecular complexity index is 437. The average Bonchev–Trinajstić information content (AvgIpc) is 2.30. The predicted octanol–water partition coefficient (Wildman–Crippen LogP) is 2.29. The molecule has 15 heavy (non-hydrogen) atoms. The van der Waals surface area contributed by atoms with Gasteiger partial charge in [-0.15, -0.1) is 0 Å². The van der Waals surface area contributed by atoms with Crippen molar-refractivity contribution >= 4 is 16.6 Å². The lowest BCUT2D eigenvalue weighted by Crippen LogP contribution is -2.08. The van der Waals surface area contributed by atoms with Gasteiger partial charge in [-0.1, -0.05) is 24.3 Å². The van der Waals surface area contributed by atoms with E-state index in [1.54, 1.807) is 7.11 Å². The van der Waals surface area contributed by atoms with E-state index in [1.165, 1.54) is 5.39 Å². The SMILES string of the molecule is COCCNc1nccc2ccccc12. The van der Waals surface area contributed by atoms with E-state index in [9.17, 15) is 0 Å². The molecule has 2 aromatic rings. The molecule has 0 aliphatic carbocycles. The fourth-order valence-electron chi connectivity index (χ4n) is 1.53. The topological polar surface area (TPSA) is 34.1 Å². The second kappa shape index (κ2) is 4.75. The summed E-state index contributed by atoms with van der Waals surface area (Å²) < 4.78 is 4.99. The molecule has 0 spiro atoms. The molecule has 0 saturated carbocycles. The maximum atomic E-state index is 4.99. The minimum atomic E-state index is 0.685. The summed E-state index contributed by atoms with van der Waals surface area (Å²) in [5.41, 5.74) is 0. The van der Waals surface area contributed by atoms with E-state index in [1.807, 2.05) is 24.4 Å². The van der Waals surface area contributed by atoms with Gasteiger partial charge in [-0.3, -0.25) is 0 Å². The highest BCUT2D eigenvalue weighted by Crippen LogP contribution is 2.19. The first-order valence-corrected chi connectivity index (χ1v) is 4.98. The molecule has 0 radical (unpaired) electrons. The first kappa shape index (κ1) is 9.93. The smallest absolute Gasteiger partial charge is 0.133 e. The summed E-state index contributed by atoms with van der Waals surface area (Å²) in [5.74, 6) is 0.921. The van der Waals surface area contributed by atoms with Crippen LogP contribution in [0.3, 0.4) is 0 Å². The molecule has 0 unspecified atom stereocenters. The zero-order chi connectivity index (χ0) is 10.5. The van der Waals surface area contributed by atoms with Crippen LogP contribution in [0.1, 0.15) is 0 Å². The monoisotopic (exact) mass is 202 g/mol. The normalized spacial score (nSPS) is 10.5. The molecule has 3 nitrogen and oxygen atoms in total. The zero-order valence-corrected chi connectivity index (χ0v) is 8.73. The Balaban J connectivity index is 2.26. The van der Waals surface area contributed by atoms with E-state index in [2.05, 4.69) is 22.4 Å². The number of benzene rings is 1. The van der Waals surface area contributed by atoms with E-state index in [-0.39, 0.29) is 0 Å². The predicted molar refractivity (Wildman–Crippen MR) is 62.1 cm³/mol. The Labute approximate surface area is 89.1 Å². The number of anilines is 1. The summed E-state index contributed by atoms with van der Waals surface area (Å²) >= 11 is 0. The molecule has 0 saturated heterocycles. The number of hydrogen-bond acceptors (Lipinski definition) is 3. The number of nitrogens with zero attached hydrogens (tertiary/aromatic N) is 1. The van der Waals surface area contributed by atoms with Crippen molar-refractivity contribution in [1.29, 1.82) is 0 Å². The summed E-state index contributed by atoms with van der Waals surface area (Å²) in [6, 6.07) is 10.2. The molecular weight excluding hydrogens is 188 g/mol. The summed E-state index contributed by atoms with van der Waals surface area (Å²) in [5, 5.41) is 5.60. The molecule has 1 N–H and O–H groups in total. The zero-order valence-electron chi connectivity index (χ0n) is 8.73. The van der Waals surface area contributed by atoms with Crippen molar-refractivity contribution in [3.63, 3.8) is 0 Å². The number of ether oxygens (including phenoxy) is 1. The van der Waals surface area contributed by atoms with Crippen LogP contribution >= 0.6 is 0 Å². The van der Waals surface area contributed by atoms with E-state index in [0.29, 0.717) is 6.61 Å². The van der Waals surface area contributed by atoms with Gasteiger partial charge in [-0.2, -0.15) is 0 Å². The molecule has 1 heterocycles. The molecular formula is C12H14N2O. The lowest BCUT2D eigenvalue weighted by Gasteiger charge is -2.07. The summed E-state index contributed by atoms with van der Waals surface area (Å²) in [6.45, 7) is 1.46. The van der Waals surface area contributed by atoms with Gasteiger partial charge in [-0.05, 0) is 11.5 Å². The van der Waals surface area contributed by atoms with Crippen LogP contribution in [0.15, 0.2) is 36.5 Å². The lowest BCUT2D eigenvalue weighted by atomic mass is 10.1. The van der Waals surface area contributed by atoms with Gasteiger partial charge in [0.2, 0.25) is 0 Å². The van der Waals surface area contributed by atoms with Crippen molar-refractivity contribution in [3.8, 4) is 0 Å². The van der Waals surface area contributed by atoms with Gasteiger partial charge in [0.15, 0.2) is 0 Å². The van der Waals surface area contributed by atoms with Crippen molar-refractivity contribution in [1.82, 2.24) is 4.98 Å². The molecule has 0 fully saturated rings. The minimum Gasteiger partial charge on any atom is -0.383 e. The van der Waals surface area contributed by atoms with Crippen molar-refractivity contribution in [3.05, 3.63) is 36.5 Å². The van der Waals surface area contributed by atoms with Crippen LogP contribution in [-0.4, -0.2) is 25.2 Å². The second-order valence-corrected chi connectivity index (χ2v) is 3.30. The highest BCUT2D eigenvalue weighted by atomic mass is 16.5. The van der Waals surface area contributed by atoms with Crippen molar-refractivity contribution in [2.75, 3.05) is 25.6 Å². The molecule has 0 aliphatic rings. The van der Waals surface area contributed by atoms with Crippen LogP contribution in [-0.2, 0) is 4.74 Å².